The molecule has 0 aliphatic carbocycles. The number of nitrogens with one attached hydrogen (secondary N) is 2. The molecule has 1 fully saturated rings. The van der Waals surface area contributed by atoms with E-state index in [0.29, 0.717) is 0 Å². The molecule has 1 aromatic carbocycles. The molecule has 0 spiro atoms. The Bertz CT molecular complexity index is 547. The number of rotatable bonds is 2. The van der Waals surface area contributed by atoms with Gasteiger partial charge in [0.15, 0.2) is 5.11 Å². The second kappa shape index (κ2) is 5.24. The van der Waals surface area contributed by atoms with Crippen molar-refractivity contribution in [3.63, 3.8) is 0 Å². The molecule has 6 heteroatoms. The quantitative estimate of drug-likeness (QED) is 0.786. The minimum absolute atomic E-state index is 0.262. The third-order valence-electron chi connectivity index (χ3n) is 3.05. The molecule has 5 nitrogen and oxygen atoms in total. The van der Waals surface area contributed by atoms with Gasteiger partial charge in [-0.15, -0.1) is 0 Å². The lowest BCUT2D eigenvalue weighted by Gasteiger charge is -2.29. The van der Waals surface area contributed by atoms with Crippen LogP contribution in [-0.4, -0.2) is 25.1 Å². The first-order valence-corrected chi connectivity index (χ1v) is 6.22. The highest BCUT2D eigenvalue weighted by molar-refractivity contribution is 7.80. The van der Waals surface area contributed by atoms with Crippen LogP contribution in [0.15, 0.2) is 24.3 Å². The van der Waals surface area contributed by atoms with Gasteiger partial charge < -0.3 is 15.5 Å². The van der Waals surface area contributed by atoms with Crippen LogP contribution in [0, 0.1) is 17.2 Å². The Hall–Kier alpha value is -2.13. The molecule has 1 heterocycles. The van der Waals surface area contributed by atoms with Crippen LogP contribution in [0.2, 0.25) is 0 Å². The SMILES string of the molecule is CN(C)c1ccc(C2NC(=S)NC(=O)C2C#N)cc1. The van der Waals surface area contributed by atoms with Crippen molar-refractivity contribution >= 4 is 28.9 Å². The maximum absolute atomic E-state index is 11.7. The van der Waals surface area contributed by atoms with Gasteiger partial charge in [0.05, 0.1) is 12.1 Å². The van der Waals surface area contributed by atoms with E-state index < -0.39 is 12.0 Å². The zero-order valence-corrected chi connectivity index (χ0v) is 11.5. The van der Waals surface area contributed by atoms with Crippen molar-refractivity contribution in [3.8, 4) is 6.07 Å². The second-order valence-corrected chi connectivity index (χ2v) is 4.94. The van der Waals surface area contributed by atoms with E-state index in [4.69, 9.17) is 17.5 Å². The summed E-state index contributed by atoms with van der Waals surface area (Å²) in [5.41, 5.74) is 1.93. The monoisotopic (exact) mass is 274 g/mol. The van der Waals surface area contributed by atoms with Crippen LogP contribution in [0.4, 0.5) is 5.69 Å². The molecule has 1 aliphatic heterocycles. The number of nitrogens with zero attached hydrogens (tertiary/aromatic N) is 2. The number of carbonyl (C=O) groups is 1. The van der Waals surface area contributed by atoms with E-state index >= 15 is 0 Å². The van der Waals surface area contributed by atoms with Crippen LogP contribution in [0.5, 0.6) is 0 Å². The van der Waals surface area contributed by atoms with E-state index in [0.717, 1.165) is 11.3 Å². The summed E-state index contributed by atoms with van der Waals surface area (Å²) in [5.74, 6) is -1.13. The Morgan fingerprint density at radius 1 is 1.32 bits per heavy atom. The summed E-state index contributed by atoms with van der Waals surface area (Å²) in [6.45, 7) is 0. The Balaban J connectivity index is 2.30. The zero-order chi connectivity index (χ0) is 14.0. The maximum atomic E-state index is 11.7. The molecular formula is C13H14N4OS. The Labute approximate surface area is 117 Å². The van der Waals surface area contributed by atoms with Gasteiger partial charge in [-0.3, -0.25) is 4.79 Å². The minimum atomic E-state index is -0.781. The number of nitriles is 1. The molecule has 19 heavy (non-hydrogen) atoms. The van der Waals surface area contributed by atoms with Crippen LogP contribution in [0.25, 0.3) is 0 Å². The van der Waals surface area contributed by atoms with Gasteiger partial charge in [-0.1, -0.05) is 12.1 Å². The minimum Gasteiger partial charge on any atom is -0.378 e. The number of carbonyl (C=O) groups excluding carboxylic acids is 1. The fraction of sp³-hybridized carbons (Fsp3) is 0.308. The molecular weight excluding hydrogens is 260 g/mol. The van der Waals surface area contributed by atoms with Crippen LogP contribution in [-0.2, 0) is 4.79 Å². The largest absolute Gasteiger partial charge is 0.378 e. The number of benzene rings is 1. The molecule has 0 radical (unpaired) electrons. The Morgan fingerprint density at radius 2 is 1.95 bits per heavy atom. The molecule has 2 unspecified atom stereocenters. The van der Waals surface area contributed by atoms with E-state index in [9.17, 15) is 4.79 Å². The number of thiocarbonyl (C=S) groups is 1. The Morgan fingerprint density at radius 3 is 2.47 bits per heavy atom. The summed E-state index contributed by atoms with van der Waals surface area (Å²) >= 11 is 4.97. The highest BCUT2D eigenvalue weighted by Crippen LogP contribution is 2.26. The first-order valence-electron chi connectivity index (χ1n) is 5.81. The van der Waals surface area contributed by atoms with Crippen LogP contribution in [0.1, 0.15) is 11.6 Å². The lowest BCUT2D eigenvalue weighted by atomic mass is 9.92. The third kappa shape index (κ3) is 2.66. The van der Waals surface area contributed by atoms with Gasteiger partial charge in [0.1, 0.15) is 5.92 Å². The average Bonchev–Trinajstić information content (AvgIpc) is 2.38. The van der Waals surface area contributed by atoms with E-state index in [1.807, 2.05) is 49.3 Å². The number of hydrogen-bond donors (Lipinski definition) is 2. The van der Waals surface area contributed by atoms with Crippen molar-refractivity contribution in [2.45, 2.75) is 6.04 Å². The maximum Gasteiger partial charge on any atom is 0.245 e. The number of anilines is 1. The summed E-state index contributed by atoms with van der Waals surface area (Å²) in [4.78, 5) is 13.7. The summed E-state index contributed by atoms with van der Waals surface area (Å²) in [7, 11) is 3.91. The van der Waals surface area contributed by atoms with Gasteiger partial charge >= 0.3 is 0 Å². The van der Waals surface area contributed by atoms with E-state index in [2.05, 4.69) is 10.6 Å². The highest BCUT2D eigenvalue weighted by atomic mass is 32.1. The summed E-state index contributed by atoms with van der Waals surface area (Å²) in [5, 5.41) is 14.8. The van der Waals surface area contributed by atoms with Crippen molar-refractivity contribution in [2.75, 3.05) is 19.0 Å². The molecule has 98 valence electrons. The van der Waals surface area contributed by atoms with Gasteiger partial charge in [-0.05, 0) is 29.9 Å². The number of amides is 1. The molecule has 1 aromatic rings. The molecule has 2 rings (SSSR count). The van der Waals surface area contributed by atoms with Gasteiger partial charge in [0.2, 0.25) is 5.91 Å². The van der Waals surface area contributed by atoms with Gasteiger partial charge in [0, 0.05) is 19.8 Å². The lowest BCUT2D eigenvalue weighted by molar-refractivity contribution is -0.123. The van der Waals surface area contributed by atoms with E-state index in [1.165, 1.54) is 0 Å². The van der Waals surface area contributed by atoms with Crippen molar-refractivity contribution in [1.82, 2.24) is 10.6 Å². The summed E-state index contributed by atoms with van der Waals surface area (Å²) in [6.07, 6.45) is 0. The average molecular weight is 274 g/mol. The highest BCUT2D eigenvalue weighted by Gasteiger charge is 2.34. The molecule has 0 aromatic heterocycles. The second-order valence-electron chi connectivity index (χ2n) is 4.53. The summed E-state index contributed by atoms with van der Waals surface area (Å²) < 4.78 is 0. The Kier molecular flexibility index (Phi) is 3.67. The first kappa shape index (κ1) is 13.3. The zero-order valence-electron chi connectivity index (χ0n) is 10.7. The third-order valence-corrected chi connectivity index (χ3v) is 3.27. The standard InChI is InChI=1S/C13H14N4OS/c1-17(2)9-5-3-8(4-6-9)11-10(7-14)12(18)16-13(19)15-11/h3-6,10-11H,1-2H3,(H2,15,16,18,19). The van der Waals surface area contributed by atoms with Crippen molar-refractivity contribution in [1.29, 1.82) is 5.26 Å². The molecule has 2 N–H and O–H groups in total. The van der Waals surface area contributed by atoms with Crippen LogP contribution >= 0.6 is 12.2 Å². The van der Waals surface area contributed by atoms with Gasteiger partial charge in [-0.25, -0.2) is 0 Å². The van der Waals surface area contributed by atoms with Gasteiger partial charge in [-0.2, -0.15) is 5.26 Å². The van der Waals surface area contributed by atoms with Crippen molar-refractivity contribution < 1.29 is 4.79 Å². The van der Waals surface area contributed by atoms with Crippen LogP contribution in [0.3, 0.4) is 0 Å². The van der Waals surface area contributed by atoms with E-state index in [-0.39, 0.29) is 11.0 Å². The van der Waals surface area contributed by atoms with Gasteiger partial charge in [0.25, 0.3) is 0 Å². The van der Waals surface area contributed by atoms with Crippen molar-refractivity contribution in [3.05, 3.63) is 29.8 Å². The fourth-order valence-electron chi connectivity index (χ4n) is 1.99. The van der Waals surface area contributed by atoms with Crippen molar-refractivity contribution in [2.24, 2.45) is 5.92 Å². The molecule has 1 aliphatic rings. The molecule has 2 atom stereocenters. The number of hydrogen-bond acceptors (Lipinski definition) is 4. The predicted molar refractivity (Wildman–Crippen MR) is 76.5 cm³/mol. The molecule has 0 bridgehead atoms. The fourth-order valence-corrected chi connectivity index (χ4v) is 2.22. The first-order chi connectivity index (χ1) is 9.02. The molecule has 0 saturated carbocycles. The van der Waals surface area contributed by atoms with Crippen LogP contribution < -0.4 is 15.5 Å². The smallest absolute Gasteiger partial charge is 0.245 e. The van der Waals surface area contributed by atoms with E-state index in [1.54, 1.807) is 0 Å². The molecule has 1 saturated heterocycles. The predicted octanol–water partition coefficient (Wildman–Crippen LogP) is 0.938. The topological polar surface area (TPSA) is 68.2 Å². The lowest BCUT2D eigenvalue weighted by Crippen LogP contribution is -2.53. The molecule has 1 amide bonds. The normalized spacial score (nSPS) is 22.2. The summed E-state index contributed by atoms with van der Waals surface area (Å²) in [6, 6.07) is 9.31.